The summed E-state index contributed by atoms with van der Waals surface area (Å²) in [6, 6.07) is 3.85. The summed E-state index contributed by atoms with van der Waals surface area (Å²) in [7, 11) is 1.30. The van der Waals surface area contributed by atoms with E-state index >= 15 is 0 Å². The molecule has 3 unspecified atom stereocenters. The van der Waals surface area contributed by atoms with Crippen molar-refractivity contribution in [3.8, 4) is 0 Å². The first-order valence-electron chi connectivity index (χ1n) is 11.0. The highest BCUT2D eigenvalue weighted by Gasteiger charge is 2.47. The van der Waals surface area contributed by atoms with Gasteiger partial charge in [-0.2, -0.15) is 0 Å². The Morgan fingerprint density at radius 3 is 2.58 bits per heavy atom. The maximum absolute atomic E-state index is 13.6. The number of dihydropyridines is 1. The van der Waals surface area contributed by atoms with Gasteiger partial charge in [-0.25, -0.2) is 4.79 Å². The van der Waals surface area contributed by atoms with Gasteiger partial charge in [0.2, 0.25) is 0 Å². The molecule has 0 radical (unpaired) electrons. The van der Waals surface area contributed by atoms with Crippen molar-refractivity contribution >= 4 is 29.1 Å². The molecule has 0 amide bonds. The molecular weight excluding hydrogens is 414 g/mol. The topological polar surface area (TPSA) is 81.7 Å². The van der Waals surface area contributed by atoms with Gasteiger partial charge < -0.3 is 14.8 Å². The van der Waals surface area contributed by atoms with Crippen LogP contribution in [0.5, 0.6) is 0 Å². The van der Waals surface area contributed by atoms with Crippen LogP contribution in [0.2, 0.25) is 0 Å². The predicted molar refractivity (Wildman–Crippen MR) is 117 cm³/mol. The standard InChI is InChI=1S/C24H29NO5S/c1-13-12-16-20(22(26)18(13)23(27)29-3)21(17-10-7-11-31-17)19(14(2)25-16)24(28)30-15-8-5-4-6-9-15/h7,10-11,13,15,18,21,25H,4-6,8-9,12H2,1-3H3. The van der Waals surface area contributed by atoms with E-state index in [-0.39, 0.29) is 23.8 Å². The van der Waals surface area contributed by atoms with Crippen molar-refractivity contribution in [3.05, 3.63) is 44.9 Å². The van der Waals surface area contributed by atoms with Gasteiger partial charge in [0.15, 0.2) is 5.78 Å². The van der Waals surface area contributed by atoms with E-state index in [1.165, 1.54) is 24.9 Å². The molecule has 0 spiro atoms. The zero-order valence-corrected chi connectivity index (χ0v) is 19.1. The van der Waals surface area contributed by atoms with Crippen LogP contribution in [0.15, 0.2) is 40.1 Å². The number of allylic oxidation sites excluding steroid dienone is 3. The number of hydrogen-bond donors (Lipinski definition) is 1. The third kappa shape index (κ3) is 4.07. The van der Waals surface area contributed by atoms with Crippen molar-refractivity contribution in [1.29, 1.82) is 0 Å². The predicted octanol–water partition coefficient (Wildman–Crippen LogP) is 4.24. The lowest BCUT2D eigenvalue weighted by Gasteiger charge is -2.38. The Morgan fingerprint density at radius 1 is 1.19 bits per heavy atom. The Hall–Kier alpha value is -2.41. The molecule has 1 fully saturated rings. The van der Waals surface area contributed by atoms with E-state index in [9.17, 15) is 14.4 Å². The number of carbonyl (C=O) groups is 3. The summed E-state index contributed by atoms with van der Waals surface area (Å²) in [5, 5.41) is 5.24. The highest BCUT2D eigenvalue weighted by molar-refractivity contribution is 7.10. The normalized spacial score (nSPS) is 26.9. The minimum Gasteiger partial charge on any atom is -0.468 e. The number of carbonyl (C=O) groups excluding carboxylic acids is 3. The van der Waals surface area contributed by atoms with Gasteiger partial charge in [0.05, 0.1) is 18.6 Å². The highest BCUT2D eigenvalue weighted by Crippen LogP contribution is 2.46. The number of ether oxygens (including phenoxy) is 2. The van der Waals surface area contributed by atoms with E-state index in [2.05, 4.69) is 5.32 Å². The smallest absolute Gasteiger partial charge is 0.337 e. The summed E-state index contributed by atoms with van der Waals surface area (Å²) in [6.45, 7) is 3.75. The SMILES string of the molecule is COC(=O)C1C(=O)C2=C(CC1C)NC(C)=C(C(=O)OC1CCCCC1)C2c1cccs1. The number of ketones is 1. The Bertz CT molecular complexity index is 939. The molecule has 3 aliphatic rings. The molecular formula is C24H29NO5S. The van der Waals surface area contributed by atoms with Crippen molar-refractivity contribution in [2.75, 3.05) is 7.11 Å². The molecule has 4 rings (SSSR count). The van der Waals surface area contributed by atoms with Gasteiger partial charge in [-0.3, -0.25) is 9.59 Å². The quantitative estimate of drug-likeness (QED) is 0.554. The maximum atomic E-state index is 13.6. The fourth-order valence-corrected chi connectivity index (χ4v) is 5.93. The van der Waals surface area contributed by atoms with Crippen molar-refractivity contribution in [3.63, 3.8) is 0 Å². The number of rotatable bonds is 4. The molecule has 166 valence electrons. The first kappa shape index (κ1) is 21.8. The summed E-state index contributed by atoms with van der Waals surface area (Å²) in [6.07, 6.45) is 5.53. The van der Waals surface area contributed by atoms with Crippen molar-refractivity contribution in [2.45, 2.75) is 64.4 Å². The molecule has 3 atom stereocenters. The number of thiophene rings is 1. The number of Topliss-reactive ketones (excluding diaryl/α,β-unsaturated/α-hetero) is 1. The lowest BCUT2D eigenvalue weighted by molar-refractivity contribution is -0.151. The fraction of sp³-hybridized carbons (Fsp3) is 0.542. The fourth-order valence-electron chi connectivity index (χ4n) is 5.09. The van der Waals surface area contributed by atoms with E-state index < -0.39 is 17.8 Å². The van der Waals surface area contributed by atoms with Gasteiger partial charge in [0.25, 0.3) is 0 Å². The highest BCUT2D eigenvalue weighted by atomic mass is 32.1. The molecule has 2 heterocycles. The average molecular weight is 444 g/mol. The van der Waals surface area contributed by atoms with Crippen LogP contribution in [0.25, 0.3) is 0 Å². The lowest BCUT2D eigenvalue weighted by atomic mass is 9.70. The molecule has 1 aromatic heterocycles. The van der Waals surface area contributed by atoms with E-state index in [0.717, 1.165) is 42.0 Å². The molecule has 0 bridgehead atoms. The van der Waals surface area contributed by atoms with E-state index in [1.54, 1.807) is 0 Å². The van der Waals surface area contributed by atoms with Crippen LogP contribution in [-0.2, 0) is 23.9 Å². The van der Waals surface area contributed by atoms with Crippen LogP contribution < -0.4 is 5.32 Å². The number of esters is 2. The second-order valence-corrected chi connectivity index (χ2v) is 9.70. The lowest BCUT2D eigenvalue weighted by Crippen LogP contribution is -2.43. The molecule has 7 heteroatoms. The van der Waals surface area contributed by atoms with Gasteiger partial charge in [0, 0.05) is 21.8 Å². The largest absolute Gasteiger partial charge is 0.468 e. The molecule has 31 heavy (non-hydrogen) atoms. The summed E-state index contributed by atoms with van der Waals surface area (Å²) in [5.41, 5.74) is 2.48. The third-order valence-electron chi connectivity index (χ3n) is 6.62. The number of hydrogen-bond acceptors (Lipinski definition) is 7. The second kappa shape index (κ2) is 8.99. The number of methoxy groups -OCH3 is 1. The second-order valence-electron chi connectivity index (χ2n) is 8.72. The first-order chi connectivity index (χ1) is 14.9. The van der Waals surface area contributed by atoms with Gasteiger partial charge in [-0.15, -0.1) is 11.3 Å². The van der Waals surface area contributed by atoms with Crippen LogP contribution in [0.1, 0.15) is 63.2 Å². The van der Waals surface area contributed by atoms with Gasteiger partial charge in [-0.05, 0) is 56.4 Å². The summed E-state index contributed by atoms with van der Waals surface area (Å²) >= 11 is 1.50. The summed E-state index contributed by atoms with van der Waals surface area (Å²) in [4.78, 5) is 40.2. The molecule has 2 aliphatic carbocycles. The molecule has 1 N–H and O–H groups in total. The summed E-state index contributed by atoms with van der Waals surface area (Å²) in [5.74, 6) is -2.73. The van der Waals surface area contributed by atoms with Crippen molar-refractivity contribution < 1.29 is 23.9 Å². The van der Waals surface area contributed by atoms with Crippen LogP contribution in [-0.4, -0.2) is 30.9 Å². The minimum absolute atomic E-state index is 0.0780. The van der Waals surface area contributed by atoms with Crippen molar-refractivity contribution in [1.82, 2.24) is 5.32 Å². The maximum Gasteiger partial charge on any atom is 0.337 e. The molecule has 1 saturated carbocycles. The van der Waals surface area contributed by atoms with Crippen LogP contribution in [0.4, 0.5) is 0 Å². The molecule has 0 saturated heterocycles. The Morgan fingerprint density at radius 2 is 1.94 bits per heavy atom. The van der Waals surface area contributed by atoms with Gasteiger partial charge >= 0.3 is 11.9 Å². The van der Waals surface area contributed by atoms with Crippen LogP contribution in [0.3, 0.4) is 0 Å². The monoisotopic (exact) mass is 443 g/mol. The Balaban J connectivity index is 1.73. The molecule has 0 aromatic carbocycles. The van der Waals surface area contributed by atoms with E-state index in [4.69, 9.17) is 9.47 Å². The Labute approximate surface area is 186 Å². The number of nitrogens with one attached hydrogen (secondary N) is 1. The van der Waals surface area contributed by atoms with Crippen molar-refractivity contribution in [2.24, 2.45) is 11.8 Å². The zero-order chi connectivity index (χ0) is 22.1. The Kier molecular flexibility index (Phi) is 6.32. The molecule has 1 aromatic rings. The van der Waals surface area contributed by atoms with E-state index in [1.807, 2.05) is 31.4 Å². The van der Waals surface area contributed by atoms with Gasteiger partial charge in [0.1, 0.15) is 12.0 Å². The average Bonchev–Trinajstić information content (AvgIpc) is 3.27. The summed E-state index contributed by atoms with van der Waals surface area (Å²) < 4.78 is 10.8. The third-order valence-corrected chi connectivity index (χ3v) is 7.55. The van der Waals surface area contributed by atoms with E-state index in [0.29, 0.717) is 17.6 Å². The molecule has 1 aliphatic heterocycles. The minimum atomic E-state index is -0.859. The molecule has 6 nitrogen and oxygen atoms in total. The van der Waals surface area contributed by atoms with Crippen LogP contribution >= 0.6 is 11.3 Å². The first-order valence-corrected chi connectivity index (χ1v) is 11.9. The van der Waals surface area contributed by atoms with Crippen LogP contribution in [0, 0.1) is 11.8 Å². The zero-order valence-electron chi connectivity index (χ0n) is 18.2. The van der Waals surface area contributed by atoms with Gasteiger partial charge in [-0.1, -0.05) is 19.4 Å².